The average Bonchev–Trinajstić information content (AvgIpc) is 2.35. The first kappa shape index (κ1) is 15.2. The van der Waals surface area contributed by atoms with Crippen molar-refractivity contribution in [1.29, 1.82) is 0 Å². The molecule has 0 saturated heterocycles. The number of esters is 1. The third-order valence-electron chi connectivity index (χ3n) is 2.15. The maximum atomic E-state index is 12.4. The van der Waals surface area contributed by atoms with Crippen molar-refractivity contribution in [2.24, 2.45) is 0 Å². The summed E-state index contributed by atoms with van der Waals surface area (Å²) >= 11 is 0. The van der Waals surface area contributed by atoms with E-state index in [1.54, 1.807) is 0 Å². The van der Waals surface area contributed by atoms with Crippen LogP contribution in [0.5, 0.6) is 0 Å². The van der Waals surface area contributed by atoms with E-state index in [0.29, 0.717) is 6.07 Å². The molecule has 0 fully saturated rings. The van der Waals surface area contributed by atoms with Crippen molar-refractivity contribution in [3.05, 3.63) is 29.3 Å². The van der Waals surface area contributed by atoms with Crippen LogP contribution in [0.1, 0.15) is 20.7 Å². The highest BCUT2D eigenvalue weighted by Gasteiger charge is 2.47. The van der Waals surface area contributed by atoms with Gasteiger partial charge in [-0.05, 0) is 18.2 Å². The molecule has 0 radical (unpaired) electrons. The first-order chi connectivity index (χ1) is 8.65. The van der Waals surface area contributed by atoms with E-state index in [9.17, 15) is 31.2 Å². The van der Waals surface area contributed by atoms with Crippen LogP contribution in [-0.2, 0) is 14.6 Å². The first-order valence-electron chi connectivity index (χ1n) is 4.64. The van der Waals surface area contributed by atoms with Gasteiger partial charge >= 0.3 is 11.5 Å². The van der Waals surface area contributed by atoms with Gasteiger partial charge in [-0.15, -0.1) is 0 Å². The Hall–Kier alpha value is -1.90. The standard InChI is InChI=1S/C10H7F3O5S/c1-18-9(15)6-2-3-8(7(4-6)5-14)19(16,17)10(11,12)13/h2-5H,1H3. The highest BCUT2D eigenvalue weighted by atomic mass is 32.2. The van der Waals surface area contributed by atoms with Gasteiger partial charge in [0, 0.05) is 5.56 Å². The van der Waals surface area contributed by atoms with Crippen LogP contribution in [0.15, 0.2) is 23.1 Å². The number of sulfone groups is 1. The van der Waals surface area contributed by atoms with Crippen LogP contribution in [0, 0.1) is 0 Å². The summed E-state index contributed by atoms with van der Waals surface area (Å²) in [5.41, 5.74) is -6.52. The average molecular weight is 296 g/mol. The van der Waals surface area contributed by atoms with Gasteiger partial charge in [0.2, 0.25) is 0 Å². The van der Waals surface area contributed by atoms with Gasteiger partial charge in [0.25, 0.3) is 9.84 Å². The maximum Gasteiger partial charge on any atom is 0.501 e. The minimum atomic E-state index is -5.65. The second kappa shape index (κ2) is 5.00. The van der Waals surface area contributed by atoms with Crippen LogP contribution in [0.4, 0.5) is 13.2 Å². The van der Waals surface area contributed by atoms with Crippen molar-refractivity contribution < 1.29 is 35.9 Å². The third kappa shape index (κ3) is 2.75. The predicted octanol–water partition coefficient (Wildman–Crippen LogP) is 1.58. The van der Waals surface area contributed by atoms with Gasteiger partial charge in [-0.2, -0.15) is 13.2 Å². The van der Waals surface area contributed by atoms with Gasteiger partial charge < -0.3 is 4.74 Å². The molecule has 0 heterocycles. The van der Waals surface area contributed by atoms with E-state index in [2.05, 4.69) is 4.74 Å². The summed E-state index contributed by atoms with van der Waals surface area (Å²) in [5, 5.41) is 0. The summed E-state index contributed by atoms with van der Waals surface area (Å²) in [6.07, 6.45) is -0.0783. The van der Waals surface area contributed by atoms with Crippen molar-refractivity contribution in [2.75, 3.05) is 7.11 Å². The van der Waals surface area contributed by atoms with Crippen molar-refractivity contribution in [2.45, 2.75) is 10.4 Å². The van der Waals surface area contributed by atoms with E-state index in [0.717, 1.165) is 19.2 Å². The molecule has 0 amide bonds. The zero-order chi connectivity index (χ0) is 14.8. The Balaban J connectivity index is 3.49. The number of aldehydes is 1. The Morgan fingerprint density at radius 1 is 1.32 bits per heavy atom. The number of ether oxygens (including phenoxy) is 1. The minimum Gasteiger partial charge on any atom is -0.465 e. The summed E-state index contributed by atoms with van der Waals surface area (Å²) in [5.74, 6) is -0.904. The molecule has 0 atom stereocenters. The van der Waals surface area contributed by atoms with Gasteiger partial charge in [0.05, 0.1) is 17.6 Å². The van der Waals surface area contributed by atoms with Crippen LogP contribution in [0.2, 0.25) is 0 Å². The van der Waals surface area contributed by atoms with E-state index in [-0.39, 0.29) is 11.8 Å². The smallest absolute Gasteiger partial charge is 0.465 e. The van der Waals surface area contributed by atoms with Gasteiger partial charge in [-0.25, -0.2) is 13.2 Å². The largest absolute Gasteiger partial charge is 0.501 e. The van der Waals surface area contributed by atoms with E-state index < -0.39 is 31.8 Å². The molecular formula is C10H7F3O5S. The van der Waals surface area contributed by atoms with E-state index in [4.69, 9.17) is 0 Å². The summed E-state index contributed by atoms with van der Waals surface area (Å²) in [6, 6.07) is 2.09. The number of rotatable bonds is 3. The Bertz CT molecular complexity index is 619. The van der Waals surface area contributed by atoms with Crippen molar-refractivity contribution in [1.82, 2.24) is 0 Å². The fourth-order valence-corrected chi connectivity index (χ4v) is 2.17. The van der Waals surface area contributed by atoms with E-state index in [1.807, 2.05) is 0 Å². The monoisotopic (exact) mass is 296 g/mol. The van der Waals surface area contributed by atoms with Crippen LogP contribution < -0.4 is 0 Å². The number of alkyl halides is 3. The lowest BCUT2D eigenvalue weighted by molar-refractivity contribution is -0.0436. The lowest BCUT2D eigenvalue weighted by Gasteiger charge is -2.10. The number of hydrogen-bond acceptors (Lipinski definition) is 5. The summed E-state index contributed by atoms with van der Waals surface area (Å²) in [7, 11) is -4.62. The molecule has 1 aromatic rings. The molecule has 1 rings (SSSR count). The third-order valence-corrected chi connectivity index (χ3v) is 3.71. The number of methoxy groups -OCH3 is 1. The maximum absolute atomic E-state index is 12.4. The Morgan fingerprint density at radius 2 is 1.89 bits per heavy atom. The van der Waals surface area contributed by atoms with Gasteiger partial charge in [-0.1, -0.05) is 0 Å². The lowest BCUT2D eigenvalue weighted by atomic mass is 10.1. The van der Waals surface area contributed by atoms with Crippen molar-refractivity contribution in [3.8, 4) is 0 Å². The van der Waals surface area contributed by atoms with E-state index >= 15 is 0 Å². The van der Waals surface area contributed by atoms with Crippen LogP contribution in [0.3, 0.4) is 0 Å². The minimum absolute atomic E-state index is 0.0783. The highest BCUT2D eigenvalue weighted by Crippen LogP contribution is 2.32. The molecular weight excluding hydrogens is 289 g/mol. The van der Waals surface area contributed by atoms with Crippen LogP contribution in [-0.4, -0.2) is 33.3 Å². The summed E-state index contributed by atoms with van der Waals surface area (Å²) in [4.78, 5) is 20.6. The number of halogens is 3. The molecule has 0 aliphatic carbocycles. The predicted molar refractivity (Wildman–Crippen MR) is 56.4 cm³/mol. The molecule has 5 nitrogen and oxygen atoms in total. The first-order valence-corrected chi connectivity index (χ1v) is 6.12. The Labute approximate surface area is 105 Å². The van der Waals surface area contributed by atoms with Crippen LogP contribution in [0.25, 0.3) is 0 Å². The van der Waals surface area contributed by atoms with Crippen molar-refractivity contribution in [3.63, 3.8) is 0 Å². The molecule has 104 valence electrons. The molecule has 9 heteroatoms. The molecule has 0 spiro atoms. The topological polar surface area (TPSA) is 77.5 Å². The lowest BCUT2D eigenvalue weighted by Crippen LogP contribution is -2.24. The summed E-state index contributed by atoms with van der Waals surface area (Å²) < 4.78 is 63.8. The zero-order valence-corrected chi connectivity index (χ0v) is 10.2. The fourth-order valence-electron chi connectivity index (χ4n) is 1.25. The Kier molecular flexibility index (Phi) is 3.99. The second-order valence-electron chi connectivity index (χ2n) is 3.31. The molecule has 19 heavy (non-hydrogen) atoms. The van der Waals surface area contributed by atoms with Crippen LogP contribution >= 0.6 is 0 Å². The number of hydrogen-bond donors (Lipinski definition) is 0. The SMILES string of the molecule is COC(=O)c1ccc(S(=O)(=O)C(F)(F)F)c(C=O)c1. The molecule has 0 aliphatic heterocycles. The number of carbonyl (C=O) groups excluding carboxylic acids is 2. The van der Waals surface area contributed by atoms with Gasteiger partial charge in [-0.3, -0.25) is 4.79 Å². The number of benzene rings is 1. The summed E-state index contributed by atoms with van der Waals surface area (Å²) in [6.45, 7) is 0. The zero-order valence-electron chi connectivity index (χ0n) is 9.39. The molecule has 0 unspecified atom stereocenters. The molecule has 0 aliphatic rings. The molecule has 0 N–H and O–H groups in total. The molecule has 0 aromatic heterocycles. The van der Waals surface area contributed by atoms with Gasteiger partial charge in [0.15, 0.2) is 6.29 Å². The second-order valence-corrected chi connectivity index (χ2v) is 5.22. The Morgan fingerprint density at radius 3 is 2.32 bits per heavy atom. The number of carbonyl (C=O) groups is 2. The molecule has 1 aromatic carbocycles. The highest BCUT2D eigenvalue weighted by molar-refractivity contribution is 7.92. The fraction of sp³-hybridized carbons (Fsp3) is 0.200. The quantitative estimate of drug-likeness (QED) is 0.625. The normalized spacial score (nSPS) is 12.0. The van der Waals surface area contributed by atoms with Gasteiger partial charge in [0.1, 0.15) is 0 Å². The molecule has 0 bridgehead atoms. The van der Waals surface area contributed by atoms with E-state index in [1.165, 1.54) is 0 Å². The van der Waals surface area contributed by atoms with Crippen molar-refractivity contribution >= 4 is 22.1 Å². The molecule has 0 saturated carbocycles.